The zero-order valence-corrected chi connectivity index (χ0v) is 15.0. The topological polar surface area (TPSA) is 49.9 Å². The van der Waals surface area contributed by atoms with Crippen molar-refractivity contribution in [3.05, 3.63) is 29.3 Å². The van der Waals surface area contributed by atoms with E-state index in [1.54, 1.807) is 20.2 Å². The summed E-state index contributed by atoms with van der Waals surface area (Å²) in [5.74, 6) is 0. The van der Waals surface area contributed by atoms with Crippen LogP contribution in [-0.4, -0.2) is 64.1 Å². The Morgan fingerprint density at radius 3 is 2.74 bits per heavy atom. The van der Waals surface area contributed by atoms with E-state index in [-0.39, 0.29) is 12.1 Å². The Morgan fingerprint density at radius 1 is 1.30 bits per heavy atom. The number of nitrogens with zero attached hydrogens (tertiary/aromatic N) is 2. The van der Waals surface area contributed by atoms with Crippen molar-refractivity contribution in [1.82, 2.24) is 9.21 Å². The summed E-state index contributed by atoms with van der Waals surface area (Å²) in [5.41, 5.74) is 2.49. The predicted molar refractivity (Wildman–Crippen MR) is 90.1 cm³/mol. The van der Waals surface area contributed by atoms with Gasteiger partial charge >= 0.3 is 0 Å². The van der Waals surface area contributed by atoms with E-state index in [2.05, 4.69) is 4.90 Å². The van der Waals surface area contributed by atoms with Gasteiger partial charge < -0.3 is 4.74 Å². The molecule has 0 bridgehead atoms. The fourth-order valence-electron chi connectivity index (χ4n) is 3.70. The standard InChI is InChI=1S/C17H26N2O3S/c1-18-12-16(22-3)10-15(18)11-19(2)23(20,21)17-8-7-13-5-4-6-14(13)9-17/h7-9,15-16H,4-6,10-12H2,1-3H3/t15-,16-/m0/s1. The maximum atomic E-state index is 12.9. The molecule has 6 heteroatoms. The minimum atomic E-state index is -3.43. The lowest BCUT2D eigenvalue weighted by molar-refractivity contribution is 0.111. The molecule has 0 unspecified atom stereocenters. The summed E-state index contributed by atoms with van der Waals surface area (Å²) < 4.78 is 32.6. The summed E-state index contributed by atoms with van der Waals surface area (Å²) in [4.78, 5) is 2.60. The average Bonchev–Trinajstić information content (AvgIpc) is 3.13. The molecule has 0 saturated carbocycles. The number of hydrogen-bond acceptors (Lipinski definition) is 4. The molecule has 2 aliphatic rings. The third-order valence-electron chi connectivity index (χ3n) is 5.23. The van der Waals surface area contributed by atoms with Crippen LogP contribution in [0.15, 0.2) is 23.1 Å². The molecule has 1 aliphatic heterocycles. The van der Waals surface area contributed by atoms with Crippen LogP contribution in [0.2, 0.25) is 0 Å². The molecular weight excluding hydrogens is 312 g/mol. The van der Waals surface area contributed by atoms with Gasteiger partial charge in [0.1, 0.15) is 0 Å². The largest absolute Gasteiger partial charge is 0.380 e. The second-order valence-electron chi connectivity index (χ2n) is 6.76. The molecule has 3 rings (SSSR count). The Hall–Kier alpha value is -0.950. The predicted octanol–water partition coefficient (Wildman–Crippen LogP) is 1.51. The average molecular weight is 338 g/mol. The number of benzene rings is 1. The molecule has 1 aromatic carbocycles. The van der Waals surface area contributed by atoms with Gasteiger partial charge in [0.25, 0.3) is 0 Å². The fraction of sp³-hybridized carbons (Fsp3) is 0.647. The molecule has 1 fully saturated rings. The molecule has 1 aliphatic carbocycles. The Kier molecular flexibility index (Phi) is 4.78. The molecule has 1 heterocycles. The lowest BCUT2D eigenvalue weighted by atomic mass is 10.1. The molecule has 0 spiro atoms. The van der Waals surface area contributed by atoms with Crippen molar-refractivity contribution in [3.8, 4) is 0 Å². The maximum Gasteiger partial charge on any atom is 0.242 e. The highest BCUT2D eigenvalue weighted by Gasteiger charge is 2.33. The number of hydrogen-bond donors (Lipinski definition) is 0. The van der Waals surface area contributed by atoms with Crippen LogP contribution < -0.4 is 0 Å². The maximum absolute atomic E-state index is 12.9. The Labute approximate surface area is 139 Å². The van der Waals surface area contributed by atoms with Gasteiger partial charge in [-0.2, -0.15) is 4.31 Å². The smallest absolute Gasteiger partial charge is 0.242 e. The minimum Gasteiger partial charge on any atom is -0.380 e. The first-order valence-electron chi connectivity index (χ1n) is 8.23. The number of rotatable bonds is 5. The van der Waals surface area contributed by atoms with Gasteiger partial charge in [-0.05, 0) is 56.0 Å². The van der Waals surface area contributed by atoms with Crippen molar-refractivity contribution in [1.29, 1.82) is 0 Å². The molecule has 23 heavy (non-hydrogen) atoms. The van der Waals surface area contributed by atoms with Crippen LogP contribution in [0, 0.1) is 0 Å². The highest BCUT2D eigenvalue weighted by molar-refractivity contribution is 7.89. The van der Waals surface area contributed by atoms with Crippen molar-refractivity contribution >= 4 is 10.0 Å². The molecule has 0 radical (unpaired) electrons. The van der Waals surface area contributed by atoms with E-state index in [0.29, 0.717) is 11.4 Å². The molecule has 0 amide bonds. The second kappa shape index (κ2) is 6.51. The van der Waals surface area contributed by atoms with Gasteiger partial charge in [0.05, 0.1) is 11.0 Å². The van der Waals surface area contributed by atoms with Crippen LogP contribution in [-0.2, 0) is 27.6 Å². The van der Waals surface area contributed by atoms with Crippen LogP contribution >= 0.6 is 0 Å². The number of likely N-dealkylation sites (tertiary alicyclic amines) is 1. The van der Waals surface area contributed by atoms with Gasteiger partial charge in [0.15, 0.2) is 0 Å². The first-order chi connectivity index (χ1) is 10.9. The highest BCUT2D eigenvalue weighted by Crippen LogP contribution is 2.27. The number of methoxy groups -OCH3 is 1. The number of ether oxygens (including phenoxy) is 1. The van der Waals surface area contributed by atoms with E-state index in [4.69, 9.17) is 4.74 Å². The Morgan fingerprint density at radius 2 is 2.04 bits per heavy atom. The number of aryl methyl sites for hydroxylation is 2. The monoisotopic (exact) mass is 338 g/mol. The lowest BCUT2D eigenvalue weighted by Crippen LogP contribution is -2.39. The first-order valence-corrected chi connectivity index (χ1v) is 9.67. The summed E-state index contributed by atoms with van der Waals surface area (Å²) in [5, 5.41) is 0. The van der Waals surface area contributed by atoms with Crippen LogP contribution in [0.3, 0.4) is 0 Å². The summed E-state index contributed by atoms with van der Waals surface area (Å²) in [7, 11) is 1.99. The molecule has 1 saturated heterocycles. The van der Waals surface area contributed by atoms with E-state index < -0.39 is 10.0 Å². The van der Waals surface area contributed by atoms with Crippen LogP contribution in [0.4, 0.5) is 0 Å². The summed E-state index contributed by atoms with van der Waals surface area (Å²) in [6.07, 6.45) is 4.25. The van der Waals surface area contributed by atoms with E-state index in [1.807, 2.05) is 19.2 Å². The third kappa shape index (κ3) is 3.31. The van der Waals surface area contributed by atoms with E-state index in [9.17, 15) is 8.42 Å². The molecule has 0 N–H and O–H groups in total. The van der Waals surface area contributed by atoms with Crippen molar-refractivity contribution in [2.45, 2.75) is 42.7 Å². The second-order valence-corrected chi connectivity index (χ2v) is 8.80. The van der Waals surface area contributed by atoms with Gasteiger partial charge in [0, 0.05) is 33.3 Å². The fourth-order valence-corrected chi connectivity index (χ4v) is 4.96. The molecule has 128 valence electrons. The molecular formula is C17H26N2O3S. The van der Waals surface area contributed by atoms with Gasteiger partial charge in [0.2, 0.25) is 10.0 Å². The normalized spacial score (nSPS) is 25.2. The molecule has 5 nitrogen and oxygen atoms in total. The van der Waals surface area contributed by atoms with Gasteiger partial charge in [-0.15, -0.1) is 0 Å². The lowest BCUT2D eigenvalue weighted by Gasteiger charge is -2.25. The number of fused-ring (bicyclic) bond motifs is 1. The molecule has 1 aromatic rings. The molecule has 0 aromatic heterocycles. The van der Waals surface area contributed by atoms with E-state index in [0.717, 1.165) is 32.2 Å². The van der Waals surface area contributed by atoms with Gasteiger partial charge in [-0.3, -0.25) is 4.90 Å². The van der Waals surface area contributed by atoms with Crippen molar-refractivity contribution in [2.75, 3.05) is 34.3 Å². The highest BCUT2D eigenvalue weighted by atomic mass is 32.2. The first kappa shape index (κ1) is 16.9. The Bertz CT molecular complexity index is 674. The van der Waals surface area contributed by atoms with Gasteiger partial charge in [-0.1, -0.05) is 6.07 Å². The van der Waals surface area contributed by atoms with Crippen molar-refractivity contribution in [3.63, 3.8) is 0 Å². The van der Waals surface area contributed by atoms with E-state index in [1.165, 1.54) is 15.4 Å². The van der Waals surface area contributed by atoms with Crippen molar-refractivity contribution < 1.29 is 13.2 Å². The third-order valence-corrected chi connectivity index (χ3v) is 7.05. The van der Waals surface area contributed by atoms with Gasteiger partial charge in [-0.25, -0.2) is 8.42 Å². The zero-order chi connectivity index (χ0) is 16.6. The quantitative estimate of drug-likeness (QED) is 0.817. The molecule has 2 atom stereocenters. The Balaban J connectivity index is 1.74. The van der Waals surface area contributed by atoms with Crippen LogP contribution in [0.5, 0.6) is 0 Å². The summed E-state index contributed by atoms with van der Waals surface area (Å²) >= 11 is 0. The van der Waals surface area contributed by atoms with E-state index >= 15 is 0 Å². The SMILES string of the molecule is CO[C@H]1C[C@@H](CN(C)S(=O)(=O)c2ccc3c(c2)CCC3)N(C)C1. The summed E-state index contributed by atoms with van der Waals surface area (Å²) in [6, 6.07) is 5.80. The van der Waals surface area contributed by atoms with Crippen molar-refractivity contribution in [2.24, 2.45) is 0 Å². The van der Waals surface area contributed by atoms with Crippen LogP contribution in [0.1, 0.15) is 24.0 Å². The number of likely N-dealkylation sites (N-methyl/N-ethyl adjacent to an activating group) is 2. The minimum absolute atomic E-state index is 0.195. The number of sulfonamides is 1. The summed E-state index contributed by atoms with van der Waals surface area (Å²) in [6.45, 7) is 1.35. The zero-order valence-electron chi connectivity index (χ0n) is 14.2. The van der Waals surface area contributed by atoms with Crippen LogP contribution in [0.25, 0.3) is 0 Å².